The molecule has 1 aliphatic rings. The van der Waals surface area contributed by atoms with E-state index in [1.165, 1.54) is 38.5 Å². The van der Waals surface area contributed by atoms with Crippen molar-refractivity contribution in [2.45, 2.75) is 51.4 Å². The molecular weight excluding hydrogens is 152 g/mol. The van der Waals surface area contributed by atoms with Gasteiger partial charge in [-0.3, -0.25) is 0 Å². The molecule has 0 spiro atoms. The van der Waals surface area contributed by atoms with E-state index in [0.717, 1.165) is 19.4 Å². The summed E-state index contributed by atoms with van der Waals surface area (Å²) in [5, 5.41) is 0. The zero-order valence-corrected chi connectivity index (χ0v) is 7.76. The van der Waals surface area contributed by atoms with E-state index in [2.05, 4.69) is 0 Å². The maximum atomic E-state index is 4.95. The van der Waals surface area contributed by atoms with Crippen LogP contribution in [0.1, 0.15) is 51.4 Å². The minimum atomic E-state index is 0.747. The second-order valence-corrected chi connectivity index (χ2v) is 3.35. The van der Waals surface area contributed by atoms with Crippen molar-refractivity contribution in [3.8, 4) is 0 Å². The lowest BCUT2D eigenvalue weighted by molar-refractivity contribution is -0.269. The minimum Gasteiger partial charge on any atom is -0.236 e. The lowest BCUT2D eigenvalue weighted by Crippen LogP contribution is -1.96. The third kappa shape index (κ3) is 5.56. The van der Waals surface area contributed by atoms with Crippen LogP contribution in [0.25, 0.3) is 0 Å². The van der Waals surface area contributed by atoms with E-state index >= 15 is 0 Å². The average molecular weight is 171 g/mol. The molecule has 0 saturated carbocycles. The lowest BCUT2D eigenvalue weighted by Gasteiger charge is -2.06. The third-order valence-electron chi connectivity index (χ3n) is 2.19. The van der Waals surface area contributed by atoms with Crippen LogP contribution in [-0.2, 0) is 9.78 Å². The second kappa shape index (κ2) is 7.56. The maximum absolute atomic E-state index is 4.95. The van der Waals surface area contributed by atoms with Crippen molar-refractivity contribution in [2.75, 3.05) is 6.61 Å². The van der Waals surface area contributed by atoms with Gasteiger partial charge in [0.05, 0.1) is 6.61 Å². The molecule has 1 aliphatic heterocycles. The van der Waals surface area contributed by atoms with Crippen molar-refractivity contribution in [1.29, 1.82) is 0 Å². The van der Waals surface area contributed by atoms with Crippen molar-refractivity contribution >= 4 is 0 Å². The Labute approximate surface area is 75.2 Å². The normalized spacial score (nSPS) is 24.0. The Hall–Kier alpha value is -0.0800. The van der Waals surface area contributed by atoms with Crippen LogP contribution < -0.4 is 0 Å². The molecule has 0 aliphatic carbocycles. The van der Waals surface area contributed by atoms with Gasteiger partial charge in [0.15, 0.2) is 0 Å². The van der Waals surface area contributed by atoms with Gasteiger partial charge in [-0.2, -0.15) is 0 Å². The summed E-state index contributed by atoms with van der Waals surface area (Å²) < 4.78 is 0. The smallest absolute Gasteiger partial charge is 0.122 e. The molecule has 0 aromatic rings. The molecule has 0 aromatic carbocycles. The first kappa shape index (κ1) is 10.0. The number of hydrogen-bond acceptors (Lipinski definition) is 2. The Morgan fingerprint density at radius 1 is 0.750 bits per heavy atom. The van der Waals surface area contributed by atoms with E-state index < -0.39 is 0 Å². The zero-order valence-electron chi connectivity index (χ0n) is 7.76. The molecule has 1 radical (unpaired) electrons. The Morgan fingerprint density at radius 3 is 2.25 bits per heavy atom. The number of hydrogen-bond donors (Lipinski definition) is 0. The van der Waals surface area contributed by atoms with Crippen LogP contribution in [-0.4, -0.2) is 6.61 Å². The molecule has 0 unspecified atom stereocenters. The zero-order chi connectivity index (χ0) is 8.49. The summed E-state index contributed by atoms with van der Waals surface area (Å²) in [7, 11) is 0. The summed E-state index contributed by atoms with van der Waals surface area (Å²) in [5.41, 5.74) is 0. The molecule has 1 rings (SSSR count). The lowest BCUT2D eigenvalue weighted by atomic mass is 10.1. The summed E-state index contributed by atoms with van der Waals surface area (Å²) in [6.07, 6.45) is 10.1. The van der Waals surface area contributed by atoms with Gasteiger partial charge in [-0.25, -0.2) is 9.78 Å². The second-order valence-electron chi connectivity index (χ2n) is 3.35. The van der Waals surface area contributed by atoms with Gasteiger partial charge in [-0.1, -0.05) is 38.5 Å². The topological polar surface area (TPSA) is 18.5 Å². The van der Waals surface area contributed by atoms with Crippen LogP contribution in [0.2, 0.25) is 0 Å². The Kier molecular flexibility index (Phi) is 6.30. The largest absolute Gasteiger partial charge is 0.236 e. The summed E-state index contributed by atoms with van der Waals surface area (Å²) in [5.74, 6) is 0. The standard InChI is InChI=1S/C10H19O2/c1-2-4-6-8-10-12-11-9-7-5-3-1/h9H,1-8,10H2. The highest BCUT2D eigenvalue weighted by Crippen LogP contribution is 2.11. The molecule has 12 heavy (non-hydrogen) atoms. The highest BCUT2D eigenvalue weighted by Gasteiger charge is 1.96. The predicted octanol–water partition coefficient (Wildman–Crippen LogP) is 3.23. The first-order chi connectivity index (χ1) is 6.00. The van der Waals surface area contributed by atoms with Crippen LogP contribution in [0.5, 0.6) is 0 Å². The fourth-order valence-corrected chi connectivity index (χ4v) is 1.42. The SMILES string of the molecule is [CH]1CCCCCCCCCOO1. The maximum Gasteiger partial charge on any atom is 0.122 e. The average Bonchev–Trinajstić information content (AvgIpc) is 2.05. The van der Waals surface area contributed by atoms with Gasteiger partial charge in [0.25, 0.3) is 0 Å². The Morgan fingerprint density at radius 2 is 1.42 bits per heavy atom. The van der Waals surface area contributed by atoms with Crippen molar-refractivity contribution in [1.82, 2.24) is 0 Å². The third-order valence-corrected chi connectivity index (χ3v) is 2.19. The minimum absolute atomic E-state index is 0.747. The molecule has 0 bridgehead atoms. The molecule has 0 amide bonds. The summed E-state index contributed by atoms with van der Waals surface area (Å²) in [6, 6.07) is 0. The van der Waals surface area contributed by atoms with Crippen molar-refractivity contribution in [2.24, 2.45) is 0 Å². The van der Waals surface area contributed by atoms with Gasteiger partial charge in [0.2, 0.25) is 0 Å². The van der Waals surface area contributed by atoms with E-state index in [9.17, 15) is 0 Å². The summed E-state index contributed by atoms with van der Waals surface area (Å²) >= 11 is 0. The van der Waals surface area contributed by atoms with Gasteiger partial charge in [0, 0.05) is 0 Å². The van der Waals surface area contributed by atoms with Gasteiger partial charge in [-0.15, -0.1) is 0 Å². The molecule has 0 N–H and O–H groups in total. The number of rotatable bonds is 0. The fraction of sp³-hybridized carbons (Fsp3) is 0.900. The van der Waals surface area contributed by atoms with Gasteiger partial charge in [-0.05, 0) is 12.8 Å². The quantitative estimate of drug-likeness (QED) is 0.521. The first-order valence-electron chi connectivity index (χ1n) is 5.10. The van der Waals surface area contributed by atoms with Gasteiger partial charge in [0.1, 0.15) is 6.61 Å². The fourth-order valence-electron chi connectivity index (χ4n) is 1.42. The van der Waals surface area contributed by atoms with E-state index in [-0.39, 0.29) is 0 Å². The molecule has 0 atom stereocenters. The Balaban J connectivity index is 2.00. The molecule has 1 saturated heterocycles. The Bertz CT molecular complexity index is 50.8. The molecule has 0 aromatic heterocycles. The van der Waals surface area contributed by atoms with Crippen LogP contribution in [0, 0.1) is 6.61 Å². The van der Waals surface area contributed by atoms with Crippen LogP contribution >= 0.6 is 0 Å². The van der Waals surface area contributed by atoms with Crippen molar-refractivity contribution in [3.05, 3.63) is 6.61 Å². The van der Waals surface area contributed by atoms with E-state index in [0.29, 0.717) is 0 Å². The van der Waals surface area contributed by atoms with Crippen molar-refractivity contribution < 1.29 is 9.78 Å². The molecule has 2 heteroatoms. The monoisotopic (exact) mass is 171 g/mol. The first-order valence-corrected chi connectivity index (χ1v) is 5.10. The van der Waals surface area contributed by atoms with Gasteiger partial charge >= 0.3 is 0 Å². The predicted molar refractivity (Wildman–Crippen MR) is 48.3 cm³/mol. The molecular formula is C10H19O2. The van der Waals surface area contributed by atoms with Gasteiger partial charge < -0.3 is 0 Å². The molecule has 1 heterocycles. The highest BCUT2D eigenvalue weighted by molar-refractivity contribution is 4.52. The van der Waals surface area contributed by atoms with Crippen LogP contribution in [0.3, 0.4) is 0 Å². The van der Waals surface area contributed by atoms with Crippen LogP contribution in [0.15, 0.2) is 0 Å². The van der Waals surface area contributed by atoms with Crippen molar-refractivity contribution in [3.63, 3.8) is 0 Å². The van der Waals surface area contributed by atoms with E-state index in [4.69, 9.17) is 9.78 Å². The summed E-state index contributed by atoms with van der Waals surface area (Å²) in [6.45, 7) is 2.53. The van der Waals surface area contributed by atoms with Crippen LogP contribution in [0.4, 0.5) is 0 Å². The van der Waals surface area contributed by atoms with E-state index in [1.54, 1.807) is 6.61 Å². The molecule has 1 fully saturated rings. The van der Waals surface area contributed by atoms with E-state index in [1.807, 2.05) is 0 Å². The molecule has 2 nitrogen and oxygen atoms in total. The highest BCUT2D eigenvalue weighted by atomic mass is 17.2. The summed E-state index contributed by atoms with van der Waals surface area (Å²) in [4.78, 5) is 9.83. The molecule has 71 valence electrons.